The van der Waals surface area contributed by atoms with Crippen molar-refractivity contribution < 1.29 is 0 Å². The first-order valence-electron chi connectivity index (χ1n) is 5.32. The molecule has 1 fully saturated rings. The summed E-state index contributed by atoms with van der Waals surface area (Å²) in [6, 6.07) is 0. The van der Waals surface area contributed by atoms with Crippen LogP contribution in [-0.2, 0) is 0 Å². The summed E-state index contributed by atoms with van der Waals surface area (Å²) in [6.07, 6.45) is 8.09. The van der Waals surface area contributed by atoms with Crippen LogP contribution >= 0.6 is 11.6 Å². The quantitative estimate of drug-likeness (QED) is 0.582. The zero-order chi connectivity index (χ0) is 8.97. The summed E-state index contributed by atoms with van der Waals surface area (Å²) >= 11 is 6.04. The molecule has 0 aromatic carbocycles. The van der Waals surface area contributed by atoms with Crippen LogP contribution in [0.25, 0.3) is 0 Å². The first kappa shape index (κ1) is 10.4. The Morgan fingerprint density at radius 3 is 2.25 bits per heavy atom. The maximum Gasteiger partial charge on any atom is 0.0336 e. The third kappa shape index (κ3) is 3.80. The molecule has 1 rings (SSSR count). The standard InChI is InChI=1S/C11H21Cl/c1-9(2)3-4-10-5-7-11(12)8-6-10/h9-11H,3-8H2,1-2H3. The van der Waals surface area contributed by atoms with E-state index in [0.29, 0.717) is 5.38 Å². The summed E-state index contributed by atoms with van der Waals surface area (Å²) in [5, 5.41) is 0.486. The van der Waals surface area contributed by atoms with Gasteiger partial charge in [0, 0.05) is 5.38 Å². The lowest BCUT2D eigenvalue weighted by molar-refractivity contribution is 0.320. The Morgan fingerprint density at radius 1 is 1.17 bits per heavy atom. The van der Waals surface area contributed by atoms with Crippen molar-refractivity contribution in [3.05, 3.63) is 0 Å². The van der Waals surface area contributed by atoms with Crippen LogP contribution in [0, 0.1) is 11.8 Å². The Hall–Kier alpha value is 0.290. The molecule has 12 heavy (non-hydrogen) atoms. The van der Waals surface area contributed by atoms with Gasteiger partial charge in [0.1, 0.15) is 0 Å². The lowest BCUT2D eigenvalue weighted by Gasteiger charge is -2.25. The highest BCUT2D eigenvalue weighted by molar-refractivity contribution is 6.20. The molecule has 0 aromatic rings. The van der Waals surface area contributed by atoms with Gasteiger partial charge < -0.3 is 0 Å². The first-order chi connectivity index (χ1) is 5.68. The highest BCUT2D eigenvalue weighted by Crippen LogP contribution is 2.31. The Morgan fingerprint density at radius 2 is 1.75 bits per heavy atom. The monoisotopic (exact) mass is 188 g/mol. The van der Waals surface area contributed by atoms with Crippen molar-refractivity contribution in [2.75, 3.05) is 0 Å². The number of hydrogen-bond acceptors (Lipinski definition) is 0. The topological polar surface area (TPSA) is 0 Å². The minimum Gasteiger partial charge on any atom is -0.123 e. The number of rotatable bonds is 3. The Balaban J connectivity index is 2.09. The molecule has 0 atom stereocenters. The maximum atomic E-state index is 6.04. The van der Waals surface area contributed by atoms with Gasteiger partial charge in [0.15, 0.2) is 0 Å². The zero-order valence-electron chi connectivity index (χ0n) is 8.35. The molecule has 0 unspecified atom stereocenters. The SMILES string of the molecule is CC(C)CCC1CCC(Cl)CC1. The summed E-state index contributed by atoms with van der Waals surface area (Å²) in [4.78, 5) is 0. The van der Waals surface area contributed by atoms with Crippen molar-refractivity contribution in [2.24, 2.45) is 11.8 Å². The minimum absolute atomic E-state index is 0.486. The Bertz CT molecular complexity index is 112. The maximum absolute atomic E-state index is 6.04. The molecule has 1 aliphatic carbocycles. The van der Waals surface area contributed by atoms with Crippen LogP contribution in [0.4, 0.5) is 0 Å². The number of hydrogen-bond donors (Lipinski definition) is 0. The largest absolute Gasteiger partial charge is 0.123 e. The van der Waals surface area contributed by atoms with Crippen molar-refractivity contribution in [3.63, 3.8) is 0 Å². The summed E-state index contributed by atoms with van der Waals surface area (Å²) in [7, 11) is 0. The molecule has 0 nitrogen and oxygen atoms in total. The van der Waals surface area contributed by atoms with Crippen LogP contribution in [0.2, 0.25) is 0 Å². The van der Waals surface area contributed by atoms with Gasteiger partial charge in [-0.25, -0.2) is 0 Å². The van der Waals surface area contributed by atoms with E-state index in [0.717, 1.165) is 11.8 Å². The van der Waals surface area contributed by atoms with E-state index in [1.807, 2.05) is 0 Å². The number of alkyl halides is 1. The van der Waals surface area contributed by atoms with Crippen LogP contribution in [-0.4, -0.2) is 5.38 Å². The van der Waals surface area contributed by atoms with Crippen LogP contribution < -0.4 is 0 Å². The van der Waals surface area contributed by atoms with Crippen molar-refractivity contribution in [2.45, 2.75) is 57.7 Å². The molecule has 0 radical (unpaired) electrons. The third-order valence-electron chi connectivity index (χ3n) is 2.93. The van der Waals surface area contributed by atoms with Gasteiger partial charge in [0.05, 0.1) is 0 Å². The zero-order valence-corrected chi connectivity index (χ0v) is 9.11. The predicted octanol–water partition coefficient (Wildman–Crippen LogP) is 4.22. The third-order valence-corrected chi connectivity index (χ3v) is 3.36. The highest BCUT2D eigenvalue weighted by atomic mass is 35.5. The molecule has 0 aromatic heterocycles. The molecule has 0 amide bonds. The number of halogens is 1. The molecule has 72 valence electrons. The van der Waals surface area contributed by atoms with Gasteiger partial charge in [0.2, 0.25) is 0 Å². The van der Waals surface area contributed by atoms with Crippen molar-refractivity contribution >= 4 is 11.6 Å². The fourth-order valence-corrected chi connectivity index (χ4v) is 2.23. The molecule has 1 aliphatic rings. The van der Waals surface area contributed by atoms with E-state index < -0.39 is 0 Å². The fraction of sp³-hybridized carbons (Fsp3) is 1.00. The Kier molecular flexibility index (Phi) is 4.42. The second kappa shape index (κ2) is 5.11. The van der Waals surface area contributed by atoms with Gasteiger partial charge in [-0.15, -0.1) is 11.6 Å². The predicted molar refractivity (Wildman–Crippen MR) is 55.7 cm³/mol. The normalized spacial score (nSPS) is 31.0. The van der Waals surface area contributed by atoms with Crippen molar-refractivity contribution in [1.82, 2.24) is 0 Å². The lowest BCUT2D eigenvalue weighted by Crippen LogP contribution is -2.14. The molecule has 1 saturated carbocycles. The van der Waals surface area contributed by atoms with Crippen LogP contribution in [0.1, 0.15) is 52.4 Å². The van der Waals surface area contributed by atoms with E-state index in [4.69, 9.17) is 11.6 Å². The molecule has 0 spiro atoms. The summed E-state index contributed by atoms with van der Waals surface area (Å²) in [5.74, 6) is 1.86. The highest BCUT2D eigenvalue weighted by Gasteiger charge is 2.18. The molecular weight excluding hydrogens is 168 g/mol. The van der Waals surface area contributed by atoms with E-state index in [2.05, 4.69) is 13.8 Å². The summed E-state index contributed by atoms with van der Waals surface area (Å²) < 4.78 is 0. The van der Waals surface area contributed by atoms with E-state index in [1.54, 1.807) is 0 Å². The fourth-order valence-electron chi connectivity index (χ4n) is 1.98. The smallest absolute Gasteiger partial charge is 0.0336 e. The molecule has 0 N–H and O–H groups in total. The van der Waals surface area contributed by atoms with Crippen molar-refractivity contribution in [1.29, 1.82) is 0 Å². The molecule has 0 bridgehead atoms. The molecule has 1 heteroatoms. The summed E-state index contributed by atoms with van der Waals surface area (Å²) in [6.45, 7) is 4.63. The van der Waals surface area contributed by atoms with Gasteiger partial charge >= 0.3 is 0 Å². The van der Waals surface area contributed by atoms with E-state index in [1.165, 1.54) is 38.5 Å². The minimum atomic E-state index is 0.486. The first-order valence-corrected chi connectivity index (χ1v) is 5.76. The van der Waals surface area contributed by atoms with E-state index in [-0.39, 0.29) is 0 Å². The Labute approximate surface area is 81.7 Å². The second-order valence-electron chi connectivity index (χ2n) is 4.59. The van der Waals surface area contributed by atoms with Gasteiger partial charge in [0.25, 0.3) is 0 Å². The van der Waals surface area contributed by atoms with Crippen LogP contribution in [0.3, 0.4) is 0 Å². The van der Waals surface area contributed by atoms with E-state index in [9.17, 15) is 0 Å². The van der Waals surface area contributed by atoms with Gasteiger partial charge in [-0.2, -0.15) is 0 Å². The molecule has 0 saturated heterocycles. The lowest BCUT2D eigenvalue weighted by atomic mass is 9.84. The van der Waals surface area contributed by atoms with Gasteiger partial charge in [-0.1, -0.05) is 26.7 Å². The molecule has 0 heterocycles. The van der Waals surface area contributed by atoms with Gasteiger partial charge in [-0.3, -0.25) is 0 Å². The average molecular weight is 189 g/mol. The van der Waals surface area contributed by atoms with Crippen LogP contribution in [0.5, 0.6) is 0 Å². The molecular formula is C11H21Cl. The van der Waals surface area contributed by atoms with Crippen molar-refractivity contribution in [3.8, 4) is 0 Å². The van der Waals surface area contributed by atoms with Crippen LogP contribution in [0.15, 0.2) is 0 Å². The summed E-state index contributed by atoms with van der Waals surface area (Å²) in [5.41, 5.74) is 0. The second-order valence-corrected chi connectivity index (χ2v) is 5.21. The van der Waals surface area contributed by atoms with E-state index >= 15 is 0 Å². The molecule has 0 aliphatic heterocycles. The average Bonchev–Trinajstić information content (AvgIpc) is 2.03. The van der Waals surface area contributed by atoms with Gasteiger partial charge in [-0.05, 0) is 37.5 Å².